The van der Waals surface area contributed by atoms with E-state index in [0.29, 0.717) is 26.2 Å². The summed E-state index contributed by atoms with van der Waals surface area (Å²) in [5.41, 5.74) is 0.967. The van der Waals surface area contributed by atoms with Gasteiger partial charge in [-0.15, -0.1) is 0 Å². The van der Waals surface area contributed by atoms with Crippen molar-refractivity contribution in [2.75, 3.05) is 50.7 Å². The molecule has 0 unspecified atom stereocenters. The highest BCUT2D eigenvalue weighted by Crippen LogP contribution is 2.20. The summed E-state index contributed by atoms with van der Waals surface area (Å²) in [6.07, 6.45) is 2.06. The molecule has 0 aliphatic carbocycles. The van der Waals surface area contributed by atoms with Crippen LogP contribution in [0.3, 0.4) is 0 Å². The van der Waals surface area contributed by atoms with Crippen LogP contribution in [0.4, 0.5) is 16.2 Å². The maximum Gasteiger partial charge on any atom is 0.317 e. The first-order chi connectivity index (χ1) is 12.5. The van der Waals surface area contributed by atoms with Crippen molar-refractivity contribution < 1.29 is 14.5 Å². The summed E-state index contributed by atoms with van der Waals surface area (Å²) in [5.74, 6) is -0.0274. The molecule has 2 aliphatic heterocycles. The molecule has 0 aromatic heterocycles. The van der Waals surface area contributed by atoms with Crippen LogP contribution in [0.2, 0.25) is 0 Å². The van der Waals surface area contributed by atoms with Crippen LogP contribution in [0, 0.1) is 10.1 Å². The zero-order valence-electron chi connectivity index (χ0n) is 14.6. The van der Waals surface area contributed by atoms with Gasteiger partial charge in [0.15, 0.2) is 0 Å². The van der Waals surface area contributed by atoms with Gasteiger partial charge in [-0.25, -0.2) is 4.79 Å². The van der Waals surface area contributed by atoms with Crippen LogP contribution in [-0.2, 0) is 4.79 Å². The summed E-state index contributed by atoms with van der Waals surface area (Å²) in [4.78, 5) is 40.1. The van der Waals surface area contributed by atoms with Crippen LogP contribution in [-0.4, -0.2) is 72.5 Å². The van der Waals surface area contributed by atoms with Crippen LogP contribution < -0.4 is 10.2 Å². The molecule has 0 bridgehead atoms. The van der Waals surface area contributed by atoms with Gasteiger partial charge in [-0.05, 0) is 25.0 Å². The minimum atomic E-state index is -0.421. The van der Waals surface area contributed by atoms with Crippen molar-refractivity contribution in [1.82, 2.24) is 15.1 Å². The molecule has 26 heavy (non-hydrogen) atoms. The predicted octanol–water partition coefficient (Wildman–Crippen LogP) is 1.05. The van der Waals surface area contributed by atoms with Crippen LogP contribution in [0.1, 0.15) is 12.8 Å². The lowest BCUT2D eigenvalue weighted by molar-refractivity contribution is -0.384. The number of amides is 3. The van der Waals surface area contributed by atoms with Gasteiger partial charge in [-0.2, -0.15) is 0 Å². The number of carbonyl (C=O) groups excluding carboxylic acids is 2. The van der Waals surface area contributed by atoms with Gasteiger partial charge in [0.25, 0.3) is 5.69 Å². The molecule has 2 saturated heterocycles. The Bertz CT molecular complexity index is 664. The first-order valence-corrected chi connectivity index (χ1v) is 8.84. The van der Waals surface area contributed by atoms with Gasteiger partial charge in [-0.3, -0.25) is 14.9 Å². The second-order valence-electron chi connectivity index (χ2n) is 6.49. The van der Waals surface area contributed by atoms with Crippen LogP contribution in [0.5, 0.6) is 0 Å². The highest BCUT2D eigenvalue weighted by Gasteiger charge is 2.23. The quantitative estimate of drug-likeness (QED) is 0.638. The van der Waals surface area contributed by atoms with Gasteiger partial charge in [0, 0.05) is 57.1 Å². The first kappa shape index (κ1) is 18.0. The van der Waals surface area contributed by atoms with E-state index < -0.39 is 4.92 Å². The van der Waals surface area contributed by atoms with Crippen molar-refractivity contribution in [3.05, 3.63) is 34.4 Å². The third kappa shape index (κ3) is 4.22. The van der Waals surface area contributed by atoms with Gasteiger partial charge >= 0.3 is 6.03 Å². The molecule has 1 aromatic carbocycles. The van der Waals surface area contributed by atoms with E-state index in [-0.39, 0.29) is 24.2 Å². The number of nitrogens with one attached hydrogen (secondary N) is 1. The lowest BCUT2D eigenvalue weighted by Gasteiger charge is -2.36. The van der Waals surface area contributed by atoms with Crippen molar-refractivity contribution in [2.24, 2.45) is 0 Å². The molecule has 2 fully saturated rings. The van der Waals surface area contributed by atoms with E-state index in [1.165, 1.54) is 12.1 Å². The number of nitro groups is 1. The molecule has 0 spiro atoms. The maximum absolute atomic E-state index is 12.2. The van der Waals surface area contributed by atoms with Gasteiger partial charge < -0.3 is 20.0 Å². The average Bonchev–Trinajstić information content (AvgIpc) is 3.21. The van der Waals surface area contributed by atoms with Gasteiger partial charge in [0.05, 0.1) is 11.5 Å². The number of nitrogens with zero attached hydrogens (tertiary/aromatic N) is 4. The number of urea groups is 1. The summed E-state index contributed by atoms with van der Waals surface area (Å²) in [6, 6.07) is 6.20. The monoisotopic (exact) mass is 361 g/mol. The lowest BCUT2D eigenvalue weighted by Crippen LogP contribution is -2.53. The van der Waals surface area contributed by atoms with Crippen LogP contribution >= 0.6 is 0 Å². The standard InChI is InChI=1S/C17H23N5O4/c23-16(20-7-1-2-8-20)13-18-17(24)21-11-9-19(10-12-21)14-3-5-15(6-4-14)22(25)26/h3-6H,1-2,7-13H2,(H,18,24). The van der Waals surface area contributed by atoms with Crippen molar-refractivity contribution in [1.29, 1.82) is 0 Å². The fourth-order valence-corrected chi connectivity index (χ4v) is 3.29. The molecule has 2 heterocycles. The van der Waals surface area contributed by atoms with E-state index in [4.69, 9.17) is 0 Å². The predicted molar refractivity (Wildman–Crippen MR) is 96.1 cm³/mol. The Labute approximate surface area is 151 Å². The summed E-state index contributed by atoms with van der Waals surface area (Å²) in [5, 5.41) is 13.4. The second-order valence-corrected chi connectivity index (χ2v) is 6.49. The SMILES string of the molecule is O=C(CNC(=O)N1CCN(c2ccc([N+](=O)[O-])cc2)CC1)N1CCCC1. The highest BCUT2D eigenvalue weighted by atomic mass is 16.6. The fraction of sp³-hybridized carbons (Fsp3) is 0.529. The number of anilines is 1. The molecule has 3 rings (SSSR count). The Kier molecular flexibility index (Phi) is 5.55. The zero-order chi connectivity index (χ0) is 18.5. The number of non-ortho nitro benzene ring substituents is 1. The molecule has 2 aliphatic rings. The maximum atomic E-state index is 12.2. The number of likely N-dealkylation sites (tertiary alicyclic amines) is 1. The molecule has 1 aromatic rings. The molecule has 1 N–H and O–H groups in total. The number of hydrogen-bond donors (Lipinski definition) is 1. The Morgan fingerprint density at radius 1 is 0.962 bits per heavy atom. The largest absolute Gasteiger partial charge is 0.368 e. The summed E-state index contributed by atoms with van der Waals surface area (Å²) in [6.45, 7) is 3.98. The van der Waals surface area contributed by atoms with E-state index in [9.17, 15) is 19.7 Å². The number of piperazine rings is 1. The van der Waals surface area contributed by atoms with Crippen molar-refractivity contribution in [3.8, 4) is 0 Å². The first-order valence-electron chi connectivity index (χ1n) is 8.84. The molecule has 140 valence electrons. The van der Waals surface area contributed by atoms with Crippen LogP contribution in [0.15, 0.2) is 24.3 Å². The third-order valence-corrected chi connectivity index (χ3v) is 4.84. The molecular weight excluding hydrogens is 338 g/mol. The summed E-state index contributed by atoms with van der Waals surface area (Å²) >= 11 is 0. The Morgan fingerprint density at radius 2 is 1.58 bits per heavy atom. The zero-order valence-corrected chi connectivity index (χ0v) is 14.6. The van der Waals surface area contributed by atoms with Gasteiger partial charge in [0.1, 0.15) is 0 Å². The number of carbonyl (C=O) groups is 2. The molecule has 0 saturated carbocycles. The Hall–Kier alpha value is -2.84. The van der Waals surface area contributed by atoms with E-state index in [0.717, 1.165) is 31.6 Å². The van der Waals surface area contributed by atoms with Crippen molar-refractivity contribution in [2.45, 2.75) is 12.8 Å². The molecule has 0 atom stereocenters. The summed E-state index contributed by atoms with van der Waals surface area (Å²) < 4.78 is 0. The highest BCUT2D eigenvalue weighted by molar-refractivity contribution is 5.84. The van der Waals surface area contributed by atoms with E-state index in [1.807, 2.05) is 0 Å². The minimum absolute atomic E-state index is 0.0274. The van der Waals surface area contributed by atoms with Crippen LogP contribution in [0.25, 0.3) is 0 Å². The molecule has 9 nitrogen and oxygen atoms in total. The third-order valence-electron chi connectivity index (χ3n) is 4.84. The second kappa shape index (κ2) is 8.03. The normalized spacial score (nSPS) is 17.3. The Balaban J connectivity index is 1.44. The van der Waals surface area contributed by atoms with Crippen molar-refractivity contribution >= 4 is 23.3 Å². The van der Waals surface area contributed by atoms with E-state index in [2.05, 4.69) is 10.2 Å². The average molecular weight is 361 g/mol. The van der Waals surface area contributed by atoms with E-state index in [1.54, 1.807) is 21.9 Å². The molecular formula is C17H23N5O4. The van der Waals surface area contributed by atoms with E-state index >= 15 is 0 Å². The fourth-order valence-electron chi connectivity index (χ4n) is 3.29. The van der Waals surface area contributed by atoms with Gasteiger partial charge in [-0.1, -0.05) is 0 Å². The lowest BCUT2D eigenvalue weighted by atomic mass is 10.2. The number of hydrogen-bond acceptors (Lipinski definition) is 5. The van der Waals surface area contributed by atoms with Gasteiger partial charge in [0.2, 0.25) is 5.91 Å². The smallest absolute Gasteiger partial charge is 0.317 e. The molecule has 0 radical (unpaired) electrons. The topological polar surface area (TPSA) is 99.0 Å². The molecule has 3 amide bonds. The summed E-state index contributed by atoms with van der Waals surface area (Å²) in [7, 11) is 0. The Morgan fingerprint density at radius 3 is 2.15 bits per heavy atom. The van der Waals surface area contributed by atoms with Crippen molar-refractivity contribution in [3.63, 3.8) is 0 Å². The molecule has 9 heteroatoms. The number of rotatable bonds is 4. The minimum Gasteiger partial charge on any atom is -0.368 e. The number of benzene rings is 1. The number of nitro benzene ring substituents is 1.